The summed E-state index contributed by atoms with van der Waals surface area (Å²) in [7, 11) is 0. The molecule has 0 aliphatic carbocycles. The van der Waals surface area contributed by atoms with Crippen molar-refractivity contribution in [3.63, 3.8) is 0 Å². The fourth-order valence-electron chi connectivity index (χ4n) is 2.19. The lowest BCUT2D eigenvalue weighted by Gasteiger charge is -2.01. The smallest absolute Gasteiger partial charge is 0.363 e. The van der Waals surface area contributed by atoms with Crippen LogP contribution in [-0.4, -0.2) is 11.9 Å². The molecule has 0 bridgehead atoms. The molecule has 1 aliphatic rings. The molecule has 0 radical (unpaired) electrons. The Hall–Kier alpha value is -2.20. The van der Waals surface area contributed by atoms with Crippen LogP contribution in [0.25, 0.3) is 6.08 Å². The Labute approximate surface area is 137 Å². The molecule has 0 N–H and O–H groups in total. The molecular weight excluding hydrogens is 342 g/mol. The van der Waals surface area contributed by atoms with Gasteiger partial charge in [-0.3, -0.25) is 0 Å². The molecule has 0 aromatic heterocycles. The van der Waals surface area contributed by atoms with Crippen molar-refractivity contribution >= 4 is 33.9 Å². The molecule has 3 nitrogen and oxygen atoms in total. The summed E-state index contributed by atoms with van der Waals surface area (Å²) in [6.45, 7) is 4.02. The minimum absolute atomic E-state index is 0.326. The largest absolute Gasteiger partial charge is 0.402 e. The van der Waals surface area contributed by atoms with Gasteiger partial charge in [0.1, 0.15) is 0 Å². The van der Waals surface area contributed by atoms with Crippen LogP contribution >= 0.6 is 15.9 Å². The summed E-state index contributed by atoms with van der Waals surface area (Å²) in [5.41, 5.74) is 4.32. The van der Waals surface area contributed by atoms with Gasteiger partial charge in [-0.2, -0.15) is 0 Å². The third kappa shape index (κ3) is 3.02. The van der Waals surface area contributed by atoms with Gasteiger partial charge >= 0.3 is 5.97 Å². The van der Waals surface area contributed by atoms with E-state index >= 15 is 0 Å². The third-order valence-corrected chi connectivity index (χ3v) is 3.97. The van der Waals surface area contributed by atoms with E-state index in [1.165, 1.54) is 0 Å². The highest BCUT2D eigenvalue weighted by Crippen LogP contribution is 2.22. The first-order valence-electron chi connectivity index (χ1n) is 6.89. The summed E-state index contributed by atoms with van der Waals surface area (Å²) in [5, 5.41) is 0. The molecule has 0 fully saturated rings. The number of carbonyl (C=O) groups excluding carboxylic acids is 1. The van der Waals surface area contributed by atoms with E-state index in [0.717, 1.165) is 26.7 Å². The number of cyclic esters (lactones) is 1. The molecule has 22 heavy (non-hydrogen) atoms. The zero-order valence-electron chi connectivity index (χ0n) is 12.3. The lowest BCUT2D eigenvalue weighted by Crippen LogP contribution is -2.05. The molecule has 110 valence electrons. The first-order chi connectivity index (χ1) is 10.5. The van der Waals surface area contributed by atoms with Crippen molar-refractivity contribution in [2.24, 2.45) is 4.99 Å². The number of rotatable bonds is 2. The summed E-state index contributed by atoms with van der Waals surface area (Å²) in [5.74, 6) is -0.0760. The summed E-state index contributed by atoms with van der Waals surface area (Å²) < 4.78 is 6.23. The highest BCUT2D eigenvalue weighted by Gasteiger charge is 2.24. The number of nitrogens with zero attached hydrogens (tertiary/aromatic N) is 1. The molecule has 0 unspecified atom stereocenters. The number of hydrogen-bond donors (Lipinski definition) is 0. The Bertz CT molecular complexity index is 804. The highest BCUT2D eigenvalue weighted by atomic mass is 79.9. The number of benzene rings is 2. The Morgan fingerprint density at radius 1 is 1.09 bits per heavy atom. The van der Waals surface area contributed by atoms with E-state index in [2.05, 4.69) is 20.9 Å². The molecule has 0 saturated heterocycles. The fraction of sp³-hybridized carbons (Fsp3) is 0.111. The Balaban J connectivity index is 1.97. The maximum atomic E-state index is 12.0. The van der Waals surface area contributed by atoms with Crippen molar-refractivity contribution in [1.29, 1.82) is 0 Å². The SMILES string of the molecule is Cc1ccc(C)c(C=C2N=C(c3ccc(Br)cc3)OC2=O)c1. The van der Waals surface area contributed by atoms with Crippen LogP contribution in [0.2, 0.25) is 0 Å². The first-order valence-corrected chi connectivity index (χ1v) is 7.68. The number of esters is 1. The Morgan fingerprint density at radius 2 is 1.82 bits per heavy atom. The van der Waals surface area contributed by atoms with Gasteiger partial charge in [-0.15, -0.1) is 0 Å². The molecule has 0 saturated carbocycles. The van der Waals surface area contributed by atoms with Crippen molar-refractivity contribution in [3.05, 3.63) is 74.9 Å². The van der Waals surface area contributed by atoms with E-state index in [4.69, 9.17) is 4.74 Å². The van der Waals surface area contributed by atoms with E-state index in [-0.39, 0.29) is 0 Å². The molecule has 3 rings (SSSR count). The highest BCUT2D eigenvalue weighted by molar-refractivity contribution is 9.10. The summed E-state index contributed by atoms with van der Waals surface area (Å²) in [6, 6.07) is 13.6. The summed E-state index contributed by atoms with van der Waals surface area (Å²) >= 11 is 3.38. The number of aliphatic imine (C=N–C) groups is 1. The van der Waals surface area contributed by atoms with Crippen molar-refractivity contribution in [1.82, 2.24) is 0 Å². The average Bonchev–Trinajstić information content (AvgIpc) is 2.85. The second kappa shape index (κ2) is 5.89. The molecule has 0 atom stereocenters. The van der Waals surface area contributed by atoms with Crippen LogP contribution in [0.15, 0.2) is 57.6 Å². The molecule has 4 heteroatoms. The summed E-state index contributed by atoms with van der Waals surface area (Å²) in [6.07, 6.45) is 1.77. The molecule has 1 aliphatic heterocycles. The monoisotopic (exact) mass is 355 g/mol. The zero-order valence-corrected chi connectivity index (χ0v) is 13.8. The second-order valence-corrected chi connectivity index (χ2v) is 6.12. The quantitative estimate of drug-likeness (QED) is 0.591. The van der Waals surface area contributed by atoms with Gasteiger partial charge in [-0.05, 0) is 55.3 Å². The van der Waals surface area contributed by atoms with Gasteiger partial charge in [0.05, 0.1) is 0 Å². The van der Waals surface area contributed by atoms with Crippen molar-refractivity contribution in [3.8, 4) is 0 Å². The molecule has 0 spiro atoms. The molecule has 2 aromatic rings. The van der Waals surface area contributed by atoms with Gasteiger partial charge in [-0.25, -0.2) is 9.79 Å². The number of hydrogen-bond acceptors (Lipinski definition) is 3. The van der Waals surface area contributed by atoms with Crippen LogP contribution < -0.4 is 0 Å². The van der Waals surface area contributed by atoms with Crippen molar-refractivity contribution < 1.29 is 9.53 Å². The van der Waals surface area contributed by atoms with Gasteiger partial charge < -0.3 is 4.74 Å². The number of ether oxygens (including phenoxy) is 1. The van der Waals surface area contributed by atoms with Crippen LogP contribution in [0.5, 0.6) is 0 Å². The van der Waals surface area contributed by atoms with Crippen LogP contribution in [0.1, 0.15) is 22.3 Å². The normalized spacial score (nSPS) is 15.9. The van der Waals surface area contributed by atoms with Crippen LogP contribution in [-0.2, 0) is 9.53 Å². The zero-order chi connectivity index (χ0) is 15.7. The molecule has 0 amide bonds. The minimum Gasteiger partial charge on any atom is -0.402 e. The predicted octanol–water partition coefficient (Wildman–Crippen LogP) is 4.41. The predicted molar refractivity (Wildman–Crippen MR) is 90.7 cm³/mol. The molecular formula is C18H14BrNO2. The lowest BCUT2D eigenvalue weighted by atomic mass is 10.0. The Kier molecular flexibility index (Phi) is 3.94. The number of carbonyl (C=O) groups is 1. The van der Waals surface area contributed by atoms with Gasteiger partial charge in [0.25, 0.3) is 0 Å². The maximum absolute atomic E-state index is 12.0. The van der Waals surface area contributed by atoms with Crippen LogP contribution in [0.3, 0.4) is 0 Å². The van der Waals surface area contributed by atoms with E-state index in [1.807, 2.05) is 56.3 Å². The van der Waals surface area contributed by atoms with E-state index in [9.17, 15) is 4.79 Å². The average molecular weight is 356 g/mol. The maximum Gasteiger partial charge on any atom is 0.363 e. The van der Waals surface area contributed by atoms with Gasteiger partial charge in [-0.1, -0.05) is 39.7 Å². The van der Waals surface area contributed by atoms with Gasteiger partial charge in [0, 0.05) is 10.0 Å². The third-order valence-electron chi connectivity index (χ3n) is 3.44. The first kappa shape index (κ1) is 14.7. The lowest BCUT2D eigenvalue weighted by molar-refractivity contribution is -0.129. The van der Waals surface area contributed by atoms with E-state index < -0.39 is 5.97 Å². The fourth-order valence-corrected chi connectivity index (χ4v) is 2.45. The number of halogens is 1. The molecule has 1 heterocycles. The summed E-state index contributed by atoms with van der Waals surface area (Å²) in [4.78, 5) is 16.3. The van der Waals surface area contributed by atoms with Crippen molar-refractivity contribution in [2.75, 3.05) is 0 Å². The van der Waals surface area contributed by atoms with E-state index in [1.54, 1.807) is 6.08 Å². The topological polar surface area (TPSA) is 38.7 Å². The van der Waals surface area contributed by atoms with E-state index in [0.29, 0.717) is 11.6 Å². The van der Waals surface area contributed by atoms with Crippen LogP contribution in [0.4, 0.5) is 0 Å². The van der Waals surface area contributed by atoms with Crippen LogP contribution in [0, 0.1) is 13.8 Å². The minimum atomic E-state index is -0.418. The Morgan fingerprint density at radius 3 is 2.55 bits per heavy atom. The molecule has 2 aromatic carbocycles. The number of aryl methyl sites for hydroxylation is 2. The van der Waals surface area contributed by atoms with Crippen molar-refractivity contribution in [2.45, 2.75) is 13.8 Å². The van der Waals surface area contributed by atoms with Gasteiger partial charge in [0.2, 0.25) is 5.90 Å². The second-order valence-electron chi connectivity index (χ2n) is 5.20. The standard InChI is InChI=1S/C18H14BrNO2/c1-11-3-4-12(2)14(9-11)10-16-18(21)22-17(20-16)13-5-7-15(19)8-6-13/h3-10H,1-2H3. The van der Waals surface area contributed by atoms with Gasteiger partial charge in [0.15, 0.2) is 5.70 Å².